The van der Waals surface area contributed by atoms with E-state index in [1.54, 1.807) is 21.4 Å². The standard InChI is InChI=1S/C18H23NS/c1-12-10-14(11-13-6-3-2-4-7-13)17-15-8-5-9-16(15)20-18(17)19-12/h10,13H,2-9,11H2,1H3. The molecule has 1 saturated carbocycles. The maximum atomic E-state index is 4.81. The van der Waals surface area contributed by atoms with E-state index in [2.05, 4.69) is 13.0 Å². The van der Waals surface area contributed by atoms with E-state index < -0.39 is 0 Å². The molecule has 0 aromatic carbocycles. The summed E-state index contributed by atoms with van der Waals surface area (Å²) in [5, 5.41) is 1.55. The fraction of sp³-hybridized carbons (Fsp3) is 0.611. The predicted molar refractivity (Wildman–Crippen MR) is 86.7 cm³/mol. The first-order chi connectivity index (χ1) is 9.81. The molecule has 0 atom stereocenters. The first kappa shape index (κ1) is 12.8. The molecule has 0 amide bonds. The summed E-state index contributed by atoms with van der Waals surface area (Å²) in [6.45, 7) is 2.16. The van der Waals surface area contributed by atoms with Crippen LogP contribution in [0.4, 0.5) is 0 Å². The lowest BCUT2D eigenvalue weighted by atomic mass is 9.84. The molecule has 2 aliphatic carbocycles. The van der Waals surface area contributed by atoms with Crippen molar-refractivity contribution in [3.05, 3.63) is 27.8 Å². The minimum absolute atomic E-state index is 0.922. The number of hydrogen-bond acceptors (Lipinski definition) is 2. The molecule has 1 nitrogen and oxygen atoms in total. The summed E-state index contributed by atoms with van der Waals surface area (Å²) in [5.74, 6) is 0.922. The molecule has 0 aliphatic heterocycles. The second-order valence-corrected chi connectivity index (χ2v) is 7.75. The van der Waals surface area contributed by atoms with Crippen LogP contribution in [0, 0.1) is 12.8 Å². The summed E-state index contributed by atoms with van der Waals surface area (Å²) < 4.78 is 0. The van der Waals surface area contributed by atoms with E-state index in [4.69, 9.17) is 4.98 Å². The van der Waals surface area contributed by atoms with E-state index >= 15 is 0 Å². The van der Waals surface area contributed by atoms with Gasteiger partial charge in [0.2, 0.25) is 0 Å². The number of nitrogens with zero attached hydrogens (tertiary/aromatic N) is 1. The van der Waals surface area contributed by atoms with Gasteiger partial charge in [-0.1, -0.05) is 32.1 Å². The van der Waals surface area contributed by atoms with Crippen LogP contribution >= 0.6 is 11.3 Å². The summed E-state index contributed by atoms with van der Waals surface area (Å²) in [5.41, 5.74) is 4.48. The minimum atomic E-state index is 0.922. The van der Waals surface area contributed by atoms with Crippen LogP contribution in [0.3, 0.4) is 0 Å². The molecule has 20 heavy (non-hydrogen) atoms. The highest BCUT2D eigenvalue weighted by Crippen LogP contribution is 2.40. The third kappa shape index (κ3) is 2.18. The average Bonchev–Trinajstić information content (AvgIpc) is 2.99. The highest BCUT2D eigenvalue weighted by molar-refractivity contribution is 7.18. The van der Waals surface area contributed by atoms with Crippen molar-refractivity contribution in [1.82, 2.24) is 4.98 Å². The lowest BCUT2D eigenvalue weighted by molar-refractivity contribution is 0.357. The van der Waals surface area contributed by atoms with Crippen LogP contribution in [0.1, 0.15) is 60.2 Å². The number of thiophene rings is 1. The Morgan fingerprint density at radius 2 is 2.00 bits per heavy atom. The fourth-order valence-corrected chi connectivity index (χ4v) is 5.53. The number of fused-ring (bicyclic) bond motifs is 3. The van der Waals surface area contributed by atoms with E-state index in [1.165, 1.54) is 68.3 Å². The van der Waals surface area contributed by atoms with Gasteiger partial charge in [-0.05, 0) is 55.7 Å². The van der Waals surface area contributed by atoms with E-state index in [0.29, 0.717) is 0 Å². The number of hydrogen-bond donors (Lipinski definition) is 0. The van der Waals surface area contributed by atoms with Crippen molar-refractivity contribution < 1.29 is 0 Å². The maximum Gasteiger partial charge on any atom is 0.124 e. The van der Waals surface area contributed by atoms with Crippen LogP contribution in [0.25, 0.3) is 10.2 Å². The Morgan fingerprint density at radius 3 is 2.85 bits per heavy atom. The van der Waals surface area contributed by atoms with Gasteiger partial charge in [-0.3, -0.25) is 0 Å². The zero-order valence-corrected chi connectivity index (χ0v) is 13.2. The second kappa shape index (κ2) is 5.14. The monoisotopic (exact) mass is 285 g/mol. The normalized spacial score (nSPS) is 19.6. The Morgan fingerprint density at radius 1 is 1.15 bits per heavy atom. The number of rotatable bonds is 2. The van der Waals surface area contributed by atoms with Gasteiger partial charge in [-0.2, -0.15) is 0 Å². The Labute approximate surface area is 125 Å². The summed E-state index contributed by atoms with van der Waals surface area (Å²) in [6.07, 6.45) is 12.5. The molecule has 2 aromatic heterocycles. The van der Waals surface area contributed by atoms with Crippen LogP contribution in [0.2, 0.25) is 0 Å². The maximum absolute atomic E-state index is 4.81. The quantitative estimate of drug-likeness (QED) is 0.737. The third-order valence-corrected chi connectivity index (χ3v) is 6.30. The molecule has 0 unspecified atom stereocenters. The highest BCUT2D eigenvalue weighted by Gasteiger charge is 2.22. The molecule has 1 fully saturated rings. The molecule has 0 radical (unpaired) electrons. The SMILES string of the molecule is Cc1cc(CC2CCCCC2)c2c3c(sc2n1)CCC3. The third-order valence-electron chi connectivity index (χ3n) is 5.12. The van der Waals surface area contributed by atoms with Gasteiger partial charge in [0.05, 0.1) is 0 Å². The summed E-state index contributed by atoms with van der Waals surface area (Å²) in [6, 6.07) is 2.38. The molecule has 106 valence electrons. The van der Waals surface area contributed by atoms with Gasteiger partial charge < -0.3 is 0 Å². The Balaban J connectivity index is 1.76. The molecule has 2 heterocycles. The smallest absolute Gasteiger partial charge is 0.124 e. The predicted octanol–water partition coefficient (Wildman–Crippen LogP) is 5.22. The average molecular weight is 285 g/mol. The molecular formula is C18H23NS. The zero-order valence-electron chi connectivity index (χ0n) is 12.4. The molecule has 0 N–H and O–H groups in total. The molecule has 4 rings (SSSR count). The van der Waals surface area contributed by atoms with Crippen molar-refractivity contribution in [2.75, 3.05) is 0 Å². The van der Waals surface area contributed by atoms with Crippen LogP contribution in [-0.2, 0) is 19.3 Å². The van der Waals surface area contributed by atoms with Crippen LogP contribution in [0.5, 0.6) is 0 Å². The largest absolute Gasteiger partial charge is 0.242 e. The molecule has 0 spiro atoms. The fourth-order valence-electron chi connectivity index (χ4n) is 4.18. The first-order valence-electron chi connectivity index (χ1n) is 8.22. The molecule has 0 saturated heterocycles. The van der Waals surface area contributed by atoms with E-state index in [9.17, 15) is 0 Å². The van der Waals surface area contributed by atoms with Gasteiger partial charge in [0.25, 0.3) is 0 Å². The van der Waals surface area contributed by atoms with Crippen molar-refractivity contribution in [3.63, 3.8) is 0 Å². The van der Waals surface area contributed by atoms with Crippen LogP contribution < -0.4 is 0 Å². The van der Waals surface area contributed by atoms with Crippen LogP contribution in [0.15, 0.2) is 6.07 Å². The van der Waals surface area contributed by atoms with Crippen molar-refractivity contribution in [1.29, 1.82) is 0 Å². The summed E-state index contributed by atoms with van der Waals surface area (Å²) >= 11 is 1.97. The van der Waals surface area contributed by atoms with Crippen LogP contribution in [-0.4, -0.2) is 4.98 Å². The Hall–Kier alpha value is -0.890. The van der Waals surface area contributed by atoms with Gasteiger partial charge >= 0.3 is 0 Å². The van der Waals surface area contributed by atoms with E-state index in [1.807, 2.05) is 11.3 Å². The molecule has 2 aliphatic rings. The van der Waals surface area contributed by atoms with Crippen molar-refractivity contribution in [2.24, 2.45) is 5.92 Å². The lowest BCUT2D eigenvalue weighted by Crippen LogP contribution is -2.10. The molecular weight excluding hydrogens is 262 g/mol. The van der Waals surface area contributed by atoms with Gasteiger partial charge in [0, 0.05) is 16.0 Å². The second-order valence-electron chi connectivity index (χ2n) is 6.67. The topological polar surface area (TPSA) is 12.9 Å². The molecule has 2 heteroatoms. The number of aromatic nitrogens is 1. The van der Waals surface area contributed by atoms with Gasteiger partial charge in [-0.25, -0.2) is 4.98 Å². The minimum Gasteiger partial charge on any atom is -0.242 e. The lowest BCUT2D eigenvalue weighted by Gasteiger charge is -2.22. The number of aryl methyl sites for hydroxylation is 3. The molecule has 2 aromatic rings. The van der Waals surface area contributed by atoms with Gasteiger partial charge in [0.15, 0.2) is 0 Å². The Kier molecular flexibility index (Phi) is 3.30. The van der Waals surface area contributed by atoms with E-state index in [-0.39, 0.29) is 0 Å². The zero-order chi connectivity index (χ0) is 13.5. The van der Waals surface area contributed by atoms with Gasteiger partial charge in [-0.15, -0.1) is 11.3 Å². The number of pyridine rings is 1. The van der Waals surface area contributed by atoms with Crippen molar-refractivity contribution >= 4 is 21.6 Å². The van der Waals surface area contributed by atoms with Crippen molar-refractivity contribution in [2.45, 2.75) is 64.7 Å². The molecule has 0 bridgehead atoms. The first-order valence-corrected chi connectivity index (χ1v) is 9.03. The Bertz CT molecular complexity index is 634. The summed E-state index contributed by atoms with van der Waals surface area (Å²) in [4.78, 5) is 7.76. The highest BCUT2D eigenvalue weighted by atomic mass is 32.1. The van der Waals surface area contributed by atoms with Crippen molar-refractivity contribution in [3.8, 4) is 0 Å². The van der Waals surface area contributed by atoms with E-state index in [0.717, 1.165) is 5.92 Å². The van der Waals surface area contributed by atoms with Gasteiger partial charge in [0.1, 0.15) is 4.83 Å². The summed E-state index contributed by atoms with van der Waals surface area (Å²) in [7, 11) is 0.